The number of carbonyl (C=O) groups excluding carboxylic acids is 1. The number of amides is 1. The Bertz CT molecular complexity index is 979. The minimum absolute atomic E-state index is 0.281. The van der Waals surface area contributed by atoms with Crippen molar-refractivity contribution in [3.05, 3.63) is 77.9 Å². The van der Waals surface area contributed by atoms with Crippen molar-refractivity contribution in [2.45, 2.75) is 6.54 Å². The van der Waals surface area contributed by atoms with E-state index in [1.807, 2.05) is 0 Å². The van der Waals surface area contributed by atoms with Crippen molar-refractivity contribution >= 4 is 17.3 Å². The van der Waals surface area contributed by atoms with Crippen LogP contribution in [-0.4, -0.2) is 25.1 Å². The summed E-state index contributed by atoms with van der Waals surface area (Å²) in [6.45, 7) is 0.281. The molecule has 0 radical (unpaired) electrons. The number of pyridine rings is 1. The molecule has 0 spiro atoms. The average Bonchev–Trinajstić information content (AvgIpc) is 2.73. The fourth-order valence-electron chi connectivity index (χ4n) is 2.61. The normalized spacial score (nSPS) is 10.2. The van der Waals surface area contributed by atoms with E-state index in [0.717, 1.165) is 0 Å². The molecular formula is C21H20FN3O3. The Morgan fingerprint density at radius 1 is 1.07 bits per heavy atom. The van der Waals surface area contributed by atoms with E-state index in [9.17, 15) is 9.18 Å². The van der Waals surface area contributed by atoms with Gasteiger partial charge in [-0.2, -0.15) is 0 Å². The first-order valence-corrected chi connectivity index (χ1v) is 8.56. The van der Waals surface area contributed by atoms with Crippen LogP contribution in [0.4, 0.5) is 15.8 Å². The van der Waals surface area contributed by atoms with E-state index >= 15 is 0 Å². The van der Waals surface area contributed by atoms with E-state index in [2.05, 4.69) is 15.6 Å². The van der Waals surface area contributed by atoms with Crippen LogP contribution >= 0.6 is 0 Å². The summed E-state index contributed by atoms with van der Waals surface area (Å²) in [5.74, 6) is 0.459. The molecule has 3 rings (SSSR count). The lowest BCUT2D eigenvalue weighted by molar-refractivity contribution is 0.102. The molecule has 0 aliphatic rings. The quantitative estimate of drug-likeness (QED) is 0.645. The van der Waals surface area contributed by atoms with E-state index in [-0.39, 0.29) is 18.3 Å². The number of ether oxygens (including phenoxy) is 2. The fraction of sp³-hybridized carbons (Fsp3) is 0.143. The van der Waals surface area contributed by atoms with Gasteiger partial charge in [-0.1, -0.05) is 18.2 Å². The molecule has 1 aromatic heterocycles. The lowest BCUT2D eigenvalue weighted by atomic mass is 10.2. The molecule has 2 N–H and O–H groups in total. The SMILES string of the molecule is COc1ccc(OC)c(NC(=O)c2cncc(NCc3ccccc3F)c2)c1. The molecule has 6 nitrogen and oxygen atoms in total. The monoisotopic (exact) mass is 381 g/mol. The van der Waals surface area contributed by atoms with Gasteiger partial charge in [0.05, 0.1) is 31.2 Å². The molecule has 0 aliphatic heterocycles. The first kappa shape index (κ1) is 19.2. The van der Waals surface area contributed by atoms with Gasteiger partial charge in [-0.05, 0) is 24.3 Å². The summed E-state index contributed by atoms with van der Waals surface area (Å²) in [6.07, 6.45) is 3.03. The summed E-state index contributed by atoms with van der Waals surface area (Å²) in [7, 11) is 3.06. The van der Waals surface area contributed by atoms with Crippen molar-refractivity contribution in [2.75, 3.05) is 24.9 Å². The Morgan fingerprint density at radius 2 is 1.89 bits per heavy atom. The standard InChI is InChI=1S/C21H20FN3O3/c1-27-17-7-8-20(28-2)19(10-17)25-21(26)15-9-16(13-23-11-15)24-12-14-5-3-4-6-18(14)22/h3-11,13,24H,12H2,1-2H3,(H,25,26). The third-order valence-corrected chi connectivity index (χ3v) is 4.10. The van der Waals surface area contributed by atoms with Crippen LogP contribution in [-0.2, 0) is 6.54 Å². The highest BCUT2D eigenvalue weighted by molar-refractivity contribution is 6.05. The molecule has 2 aromatic carbocycles. The third kappa shape index (κ3) is 4.56. The minimum Gasteiger partial charge on any atom is -0.497 e. The smallest absolute Gasteiger partial charge is 0.257 e. The molecule has 0 fully saturated rings. The number of hydrogen-bond donors (Lipinski definition) is 2. The Morgan fingerprint density at radius 3 is 2.64 bits per heavy atom. The second-order valence-corrected chi connectivity index (χ2v) is 5.93. The molecular weight excluding hydrogens is 361 g/mol. The second-order valence-electron chi connectivity index (χ2n) is 5.93. The zero-order valence-electron chi connectivity index (χ0n) is 15.5. The predicted molar refractivity (Wildman–Crippen MR) is 105 cm³/mol. The van der Waals surface area contributed by atoms with Crippen LogP contribution in [0, 0.1) is 5.82 Å². The van der Waals surface area contributed by atoms with Gasteiger partial charge in [0.1, 0.15) is 17.3 Å². The van der Waals surface area contributed by atoms with E-state index < -0.39 is 0 Å². The molecule has 0 atom stereocenters. The summed E-state index contributed by atoms with van der Waals surface area (Å²) >= 11 is 0. The Balaban J connectivity index is 1.73. The van der Waals surface area contributed by atoms with Crippen molar-refractivity contribution in [2.24, 2.45) is 0 Å². The zero-order chi connectivity index (χ0) is 19.9. The first-order chi connectivity index (χ1) is 13.6. The lowest BCUT2D eigenvalue weighted by Crippen LogP contribution is -2.13. The number of nitrogens with one attached hydrogen (secondary N) is 2. The van der Waals surface area contributed by atoms with Gasteiger partial charge in [0, 0.05) is 30.6 Å². The summed E-state index contributed by atoms with van der Waals surface area (Å²) in [6, 6.07) is 13.3. The van der Waals surface area contributed by atoms with Crippen molar-refractivity contribution < 1.29 is 18.7 Å². The van der Waals surface area contributed by atoms with Gasteiger partial charge >= 0.3 is 0 Å². The molecule has 28 heavy (non-hydrogen) atoms. The number of aromatic nitrogens is 1. The summed E-state index contributed by atoms with van der Waals surface area (Å²) in [5, 5.41) is 5.87. The van der Waals surface area contributed by atoms with E-state index in [4.69, 9.17) is 9.47 Å². The van der Waals surface area contributed by atoms with Gasteiger partial charge in [0.15, 0.2) is 0 Å². The van der Waals surface area contributed by atoms with Crippen LogP contribution in [0.5, 0.6) is 11.5 Å². The van der Waals surface area contributed by atoms with Gasteiger partial charge in [-0.25, -0.2) is 4.39 Å². The number of nitrogens with zero attached hydrogens (tertiary/aromatic N) is 1. The molecule has 1 heterocycles. The van der Waals surface area contributed by atoms with E-state index in [1.165, 1.54) is 19.4 Å². The number of carbonyl (C=O) groups is 1. The second kappa shape index (κ2) is 8.85. The molecule has 7 heteroatoms. The molecule has 0 unspecified atom stereocenters. The summed E-state index contributed by atoms with van der Waals surface area (Å²) in [4.78, 5) is 16.7. The van der Waals surface area contributed by atoms with Crippen LogP contribution in [0.15, 0.2) is 60.9 Å². The Kier molecular flexibility index (Phi) is 6.06. The van der Waals surface area contributed by atoms with Gasteiger partial charge < -0.3 is 20.1 Å². The van der Waals surface area contributed by atoms with Crippen molar-refractivity contribution in [3.8, 4) is 11.5 Å². The predicted octanol–water partition coefficient (Wildman–Crippen LogP) is 4.10. The van der Waals surface area contributed by atoms with Gasteiger partial charge in [-0.3, -0.25) is 9.78 Å². The number of methoxy groups -OCH3 is 2. The van der Waals surface area contributed by atoms with Crippen LogP contribution in [0.25, 0.3) is 0 Å². The van der Waals surface area contributed by atoms with Gasteiger partial charge in [-0.15, -0.1) is 0 Å². The van der Waals surface area contributed by atoms with Gasteiger partial charge in [0.2, 0.25) is 0 Å². The van der Waals surface area contributed by atoms with Crippen LogP contribution in [0.2, 0.25) is 0 Å². The molecule has 0 saturated carbocycles. The first-order valence-electron chi connectivity index (χ1n) is 8.56. The highest BCUT2D eigenvalue weighted by Gasteiger charge is 2.12. The molecule has 0 bridgehead atoms. The third-order valence-electron chi connectivity index (χ3n) is 4.10. The number of halogens is 1. The maximum Gasteiger partial charge on any atom is 0.257 e. The highest BCUT2D eigenvalue weighted by atomic mass is 19.1. The summed E-state index contributed by atoms with van der Waals surface area (Å²) < 4.78 is 24.2. The molecule has 144 valence electrons. The lowest BCUT2D eigenvalue weighted by Gasteiger charge is -2.12. The molecule has 0 saturated heterocycles. The fourth-order valence-corrected chi connectivity index (χ4v) is 2.61. The zero-order valence-corrected chi connectivity index (χ0v) is 15.5. The van der Waals surface area contributed by atoms with Crippen molar-refractivity contribution in [1.82, 2.24) is 4.98 Å². The van der Waals surface area contributed by atoms with E-state index in [0.29, 0.717) is 34.0 Å². The number of hydrogen-bond acceptors (Lipinski definition) is 5. The van der Waals surface area contributed by atoms with Crippen LogP contribution in [0.1, 0.15) is 15.9 Å². The highest BCUT2D eigenvalue weighted by Crippen LogP contribution is 2.29. The Labute approximate surface area is 162 Å². The Hall–Kier alpha value is -3.61. The molecule has 0 aliphatic carbocycles. The summed E-state index contributed by atoms with van der Waals surface area (Å²) in [5.41, 5.74) is 1.96. The van der Waals surface area contributed by atoms with Gasteiger partial charge in [0.25, 0.3) is 5.91 Å². The van der Waals surface area contributed by atoms with Crippen LogP contribution < -0.4 is 20.1 Å². The van der Waals surface area contributed by atoms with Crippen LogP contribution in [0.3, 0.4) is 0 Å². The number of rotatable bonds is 7. The topological polar surface area (TPSA) is 72.5 Å². The maximum absolute atomic E-state index is 13.7. The number of benzene rings is 2. The van der Waals surface area contributed by atoms with Crippen molar-refractivity contribution in [1.29, 1.82) is 0 Å². The molecule has 1 amide bonds. The van der Waals surface area contributed by atoms with E-state index in [1.54, 1.807) is 55.8 Å². The maximum atomic E-state index is 13.7. The minimum atomic E-state index is -0.353. The van der Waals surface area contributed by atoms with Crippen molar-refractivity contribution in [3.63, 3.8) is 0 Å². The average molecular weight is 381 g/mol. The molecule has 3 aromatic rings. The largest absolute Gasteiger partial charge is 0.497 e. The number of anilines is 2.